The molecule has 0 amide bonds. The van der Waals surface area contributed by atoms with Crippen LogP contribution in [0.4, 0.5) is 0 Å². The number of rotatable bonds is 1. The molecule has 0 nitrogen and oxygen atoms in total. The molecule has 72 valence electrons. The van der Waals surface area contributed by atoms with Gasteiger partial charge in [0.1, 0.15) is 0 Å². The molecule has 0 saturated heterocycles. The molecule has 2 rings (SSSR count). The second kappa shape index (κ2) is 3.32. The fraction of sp³-hybridized carbons (Fsp3) is 0.692. The van der Waals surface area contributed by atoms with Crippen LogP contribution in [0.5, 0.6) is 0 Å². The summed E-state index contributed by atoms with van der Waals surface area (Å²) in [5.41, 5.74) is 2.00. The van der Waals surface area contributed by atoms with Crippen LogP contribution in [-0.2, 0) is 0 Å². The molecule has 0 radical (unpaired) electrons. The molecule has 2 aliphatic carbocycles. The lowest BCUT2D eigenvalue weighted by atomic mass is 9.62. The Morgan fingerprint density at radius 1 is 1.46 bits per heavy atom. The van der Waals surface area contributed by atoms with E-state index in [4.69, 9.17) is 0 Å². The van der Waals surface area contributed by atoms with Gasteiger partial charge in [-0.15, -0.1) is 0 Å². The molecule has 0 aromatic rings. The van der Waals surface area contributed by atoms with E-state index in [1.54, 1.807) is 0 Å². The highest BCUT2D eigenvalue weighted by Gasteiger charge is 2.36. The monoisotopic (exact) mass is 176 g/mol. The summed E-state index contributed by atoms with van der Waals surface area (Å²) in [6.45, 7) is 6.33. The molecular formula is C13H20. The molecule has 0 aromatic heterocycles. The summed E-state index contributed by atoms with van der Waals surface area (Å²) in [6.07, 6.45) is 13.0. The van der Waals surface area contributed by atoms with Crippen LogP contribution in [0.25, 0.3) is 0 Å². The molecule has 0 N–H and O–H groups in total. The fourth-order valence-electron chi connectivity index (χ4n) is 3.09. The Bertz CT molecular complexity index is 236. The molecular weight excluding hydrogens is 156 g/mol. The summed E-state index contributed by atoms with van der Waals surface area (Å²) in [7, 11) is 0. The van der Waals surface area contributed by atoms with Crippen LogP contribution in [0.15, 0.2) is 24.3 Å². The van der Waals surface area contributed by atoms with E-state index in [0.717, 1.165) is 5.92 Å². The third-order valence-electron chi connectivity index (χ3n) is 4.01. The molecule has 0 aliphatic heterocycles. The highest BCUT2D eigenvalue weighted by atomic mass is 14.4. The van der Waals surface area contributed by atoms with Crippen molar-refractivity contribution in [1.29, 1.82) is 0 Å². The maximum Gasteiger partial charge on any atom is -0.0112 e. The first-order chi connectivity index (χ1) is 6.24. The maximum atomic E-state index is 3.88. The fourth-order valence-corrected chi connectivity index (χ4v) is 3.09. The minimum Gasteiger partial charge on any atom is -0.0988 e. The van der Waals surface area contributed by atoms with Gasteiger partial charge >= 0.3 is 0 Å². The Morgan fingerprint density at radius 3 is 3.08 bits per heavy atom. The summed E-state index contributed by atoms with van der Waals surface area (Å²) in [5, 5.41) is 0. The summed E-state index contributed by atoms with van der Waals surface area (Å²) >= 11 is 0. The number of allylic oxidation sites excluding steroid dienone is 3. The predicted octanol–water partition coefficient (Wildman–Crippen LogP) is 4.09. The SMILES string of the molecule is C=CC1=CC2(C)CCCCC2CC1. The topological polar surface area (TPSA) is 0 Å². The van der Waals surface area contributed by atoms with Crippen LogP contribution < -0.4 is 0 Å². The Balaban J connectivity index is 2.23. The van der Waals surface area contributed by atoms with Gasteiger partial charge in [0.05, 0.1) is 0 Å². The Hall–Kier alpha value is -0.520. The molecule has 0 heterocycles. The zero-order chi connectivity index (χ0) is 9.31. The first kappa shape index (κ1) is 9.05. The van der Waals surface area contributed by atoms with E-state index in [-0.39, 0.29) is 0 Å². The number of hydrogen-bond donors (Lipinski definition) is 0. The van der Waals surface area contributed by atoms with E-state index in [9.17, 15) is 0 Å². The van der Waals surface area contributed by atoms with Gasteiger partial charge in [-0.25, -0.2) is 0 Å². The number of hydrogen-bond acceptors (Lipinski definition) is 0. The first-order valence-electron chi connectivity index (χ1n) is 5.59. The van der Waals surface area contributed by atoms with E-state index in [1.807, 2.05) is 0 Å². The van der Waals surface area contributed by atoms with Gasteiger partial charge in [0, 0.05) is 0 Å². The lowest BCUT2D eigenvalue weighted by Gasteiger charge is -2.43. The van der Waals surface area contributed by atoms with Gasteiger partial charge in [-0.3, -0.25) is 0 Å². The smallest absolute Gasteiger partial charge is 0.0112 e. The molecule has 1 fully saturated rings. The molecule has 13 heavy (non-hydrogen) atoms. The van der Waals surface area contributed by atoms with Crippen LogP contribution in [0.3, 0.4) is 0 Å². The molecule has 2 atom stereocenters. The molecule has 1 saturated carbocycles. The van der Waals surface area contributed by atoms with Crippen molar-refractivity contribution in [3.05, 3.63) is 24.3 Å². The van der Waals surface area contributed by atoms with Crippen molar-refractivity contribution >= 4 is 0 Å². The van der Waals surface area contributed by atoms with Gasteiger partial charge in [0.15, 0.2) is 0 Å². The van der Waals surface area contributed by atoms with Crippen molar-refractivity contribution in [2.75, 3.05) is 0 Å². The summed E-state index contributed by atoms with van der Waals surface area (Å²) in [5.74, 6) is 0.963. The molecule has 2 aliphatic rings. The van der Waals surface area contributed by atoms with Crippen molar-refractivity contribution in [2.45, 2.75) is 45.4 Å². The largest absolute Gasteiger partial charge is 0.0988 e. The Kier molecular flexibility index (Phi) is 2.31. The first-order valence-corrected chi connectivity index (χ1v) is 5.59. The van der Waals surface area contributed by atoms with Gasteiger partial charge in [0.25, 0.3) is 0 Å². The average molecular weight is 176 g/mol. The summed E-state index contributed by atoms with van der Waals surface area (Å²) < 4.78 is 0. The molecule has 0 bridgehead atoms. The third-order valence-corrected chi connectivity index (χ3v) is 4.01. The van der Waals surface area contributed by atoms with E-state index in [1.165, 1.54) is 44.1 Å². The van der Waals surface area contributed by atoms with E-state index < -0.39 is 0 Å². The molecule has 0 heteroatoms. The standard InChI is InChI=1S/C13H20/c1-3-11-7-8-12-6-4-5-9-13(12,2)10-11/h3,10,12H,1,4-9H2,2H3. The van der Waals surface area contributed by atoms with Crippen molar-refractivity contribution in [3.63, 3.8) is 0 Å². The lowest BCUT2D eigenvalue weighted by molar-refractivity contribution is 0.151. The van der Waals surface area contributed by atoms with Gasteiger partial charge in [-0.2, -0.15) is 0 Å². The van der Waals surface area contributed by atoms with Crippen molar-refractivity contribution in [2.24, 2.45) is 11.3 Å². The molecule has 0 aromatic carbocycles. The van der Waals surface area contributed by atoms with E-state index in [0.29, 0.717) is 5.41 Å². The second-order valence-corrected chi connectivity index (χ2v) is 4.91. The van der Waals surface area contributed by atoms with Gasteiger partial charge in [-0.05, 0) is 37.0 Å². The maximum absolute atomic E-state index is 3.88. The van der Waals surface area contributed by atoms with Crippen LogP contribution in [-0.4, -0.2) is 0 Å². The van der Waals surface area contributed by atoms with Crippen LogP contribution in [0.2, 0.25) is 0 Å². The lowest BCUT2D eigenvalue weighted by Crippen LogP contribution is -2.31. The van der Waals surface area contributed by atoms with E-state index in [2.05, 4.69) is 25.7 Å². The number of fused-ring (bicyclic) bond motifs is 1. The Morgan fingerprint density at radius 2 is 2.31 bits per heavy atom. The van der Waals surface area contributed by atoms with Crippen molar-refractivity contribution in [1.82, 2.24) is 0 Å². The van der Waals surface area contributed by atoms with Crippen LogP contribution >= 0.6 is 0 Å². The van der Waals surface area contributed by atoms with E-state index >= 15 is 0 Å². The predicted molar refractivity (Wildman–Crippen MR) is 57.6 cm³/mol. The highest BCUT2D eigenvalue weighted by Crippen LogP contribution is 2.48. The Labute approximate surface area is 81.7 Å². The average Bonchev–Trinajstić information content (AvgIpc) is 2.16. The van der Waals surface area contributed by atoms with Crippen LogP contribution in [0.1, 0.15) is 45.4 Å². The minimum absolute atomic E-state index is 0.514. The quantitative estimate of drug-likeness (QED) is 0.564. The third kappa shape index (κ3) is 1.59. The van der Waals surface area contributed by atoms with Crippen LogP contribution in [0, 0.1) is 11.3 Å². The molecule has 2 unspecified atom stereocenters. The highest BCUT2D eigenvalue weighted by molar-refractivity contribution is 5.23. The zero-order valence-electron chi connectivity index (χ0n) is 8.68. The van der Waals surface area contributed by atoms with Gasteiger partial charge in [0.2, 0.25) is 0 Å². The van der Waals surface area contributed by atoms with Crippen molar-refractivity contribution in [3.8, 4) is 0 Å². The summed E-state index contributed by atoms with van der Waals surface area (Å²) in [4.78, 5) is 0. The van der Waals surface area contributed by atoms with Gasteiger partial charge < -0.3 is 0 Å². The van der Waals surface area contributed by atoms with Gasteiger partial charge in [-0.1, -0.05) is 44.1 Å². The zero-order valence-corrected chi connectivity index (χ0v) is 8.68. The second-order valence-electron chi connectivity index (χ2n) is 4.91. The normalized spacial score (nSPS) is 39.2. The molecule has 0 spiro atoms. The van der Waals surface area contributed by atoms with Crippen molar-refractivity contribution < 1.29 is 0 Å². The minimum atomic E-state index is 0.514. The summed E-state index contributed by atoms with van der Waals surface area (Å²) in [6, 6.07) is 0.